The number of likely N-dealkylation sites (tertiary alicyclic amines) is 1. The summed E-state index contributed by atoms with van der Waals surface area (Å²) in [6, 6.07) is 0. The predicted octanol–water partition coefficient (Wildman–Crippen LogP) is 3.54. The van der Waals surface area contributed by atoms with E-state index in [-0.39, 0.29) is 0 Å². The maximum Gasteiger partial charge on any atom is 0.0186 e. The molecule has 0 amide bonds. The maximum atomic E-state index is 2.55. The van der Waals surface area contributed by atoms with Crippen molar-refractivity contribution in [1.82, 2.24) is 4.90 Å². The van der Waals surface area contributed by atoms with Crippen LogP contribution >= 0.6 is 0 Å². The molecular weight excluding hydrogens is 170 g/mol. The molecule has 0 aromatic carbocycles. The van der Waals surface area contributed by atoms with E-state index in [0.717, 1.165) is 5.92 Å². The Morgan fingerprint density at radius 1 is 1.00 bits per heavy atom. The van der Waals surface area contributed by atoms with Gasteiger partial charge in [-0.3, -0.25) is 4.90 Å². The summed E-state index contributed by atoms with van der Waals surface area (Å²) >= 11 is 0. The molecule has 1 fully saturated rings. The van der Waals surface area contributed by atoms with Gasteiger partial charge in [-0.2, -0.15) is 0 Å². The SMILES string of the molecule is CC1C(C)(C)CC(C)(C)N(C)C1(C)C. The summed E-state index contributed by atoms with van der Waals surface area (Å²) in [5.41, 5.74) is 1.06. The summed E-state index contributed by atoms with van der Waals surface area (Å²) in [5, 5.41) is 0. The summed E-state index contributed by atoms with van der Waals surface area (Å²) in [4.78, 5) is 2.55. The molecule has 1 heteroatoms. The Hall–Kier alpha value is -0.0400. The predicted molar refractivity (Wildman–Crippen MR) is 63.5 cm³/mol. The van der Waals surface area contributed by atoms with Gasteiger partial charge in [-0.05, 0) is 52.5 Å². The van der Waals surface area contributed by atoms with Crippen LogP contribution in [0, 0.1) is 11.3 Å². The highest BCUT2D eigenvalue weighted by molar-refractivity contribution is 5.05. The fourth-order valence-corrected chi connectivity index (χ4v) is 3.41. The minimum absolute atomic E-state index is 0.297. The third kappa shape index (κ3) is 1.60. The molecule has 1 aliphatic rings. The van der Waals surface area contributed by atoms with Crippen LogP contribution in [0.3, 0.4) is 0 Å². The average molecular weight is 197 g/mol. The van der Waals surface area contributed by atoms with Gasteiger partial charge in [0.25, 0.3) is 0 Å². The van der Waals surface area contributed by atoms with Crippen molar-refractivity contribution in [1.29, 1.82) is 0 Å². The van der Waals surface area contributed by atoms with Gasteiger partial charge in [0.2, 0.25) is 0 Å². The Morgan fingerprint density at radius 3 is 1.86 bits per heavy atom. The molecule has 1 unspecified atom stereocenters. The van der Waals surface area contributed by atoms with Crippen molar-refractivity contribution in [3.05, 3.63) is 0 Å². The third-order valence-electron chi connectivity index (χ3n) is 4.89. The molecule has 1 atom stereocenters. The van der Waals surface area contributed by atoms with Crippen LogP contribution in [0.5, 0.6) is 0 Å². The van der Waals surface area contributed by atoms with Gasteiger partial charge in [0.05, 0.1) is 0 Å². The van der Waals surface area contributed by atoms with Crippen molar-refractivity contribution in [2.75, 3.05) is 7.05 Å². The molecule has 0 spiro atoms. The number of piperidine rings is 1. The van der Waals surface area contributed by atoms with Crippen molar-refractivity contribution < 1.29 is 0 Å². The molecule has 0 saturated carbocycles. The highest BCUT2D eigenvalue weighted by atomic mass is 15.2. The molecule has 0 aliphatic carbocycles. The normalized spacial score (nSPS) is 35.6. The second-order valence-corrected chi connectivity index (χ2v) is 6.91. The first-order chi connectivity index (χ1) is 6.02. The molecule has 0 N–H and O–H groups in total. The maximum absolute atomic E-state index is 2.55. The summed E-state index contributed by atoms with van der Waals surface area (Å²) in [6.07, 6.45) is 1.28. The van der Waals surface area contributed by atoms with Crippen molar-refractivity contribution >= 4 is 0 Å². The Morgan fingerprint density at radius 2 is 1.43 bits per heavy atom. The van der Waals surface area contributed by atoms with Gasteiger partial charge in [-0.15, -0.1) is 0 Å². The summed E-state index contributed by atoms with van der Waals surface area (Å²) in [6.45, 7) is 16.7. The fourth-order valence-electron chi connectivity index (χ4n) is 3.41. The zero-order valence-electron chi connectivity index (χ0n) is 11.2. The monoisotopic (exact) mass is 197 g/mol. The lowest BCUT2D eigenvalue weighted by molar-refractivity contribution is -0.104. The smallest absolute Gasteiger partial charge is 0.0186 e. The van der Waals surface area contributed by atoms with Crippen LogP contribution in [-0.2, 0) is 0 Å². The Labute approximate surface area is 89.9 Å². The number of hydrogen-bond donors (Lipinski definition) is 0. The van der Waals surface area contributed by atoms with Gasteiger partial charge in [-0.1, -0.05) is 20.8 Å². The van der Waals surface area contributed by atoms with Crippen molar-refractivity contribution in [2.45, 2.75) is 66.0 Å². The molecule has 0 aromatic heterocycles. The molecule has 1 aliphatic heterocycles. The van der Waals surface area contributed by atoms with Gasteiger partial charge in [0, 0.05) is 11.1 Å². The number of hydrogen-bond acceptors (Lipinski definition) is 1. The second-order valence-electron chi connectivity index (χ2n) is 6.91. The van der Waals surface area contributed by atoms with E-state index in [0.29, 0.717) is 16.5 Å². The fraction of sp³-hybridized carbons (Fsp3) is 1.00. The van der Waals surface area contributed by atoms with Crippen LogP contribution in [0.25, 0.3) is 0 Å². The lowest BCUT2D eigenvalue weighted by atomic mass is 9.60. The standard InChI is InChI=1S/C13H27N/c1-10-11(2,3)9-12(4,5)14(8)13(10,6)7/h10H,9H2,1-8H3. The van der Waals surface area contributed by atoms with Crippen LogP contribution in [0.15, 0.2) is 0 Å². The first-order valence-electron chi connectivity index (χ1n) is 5.76. The quantitative estimate of drug-likeness (QED) is 0.574. The Balaban J connectivity index is 3.10. The van der Waals surface area contributed by atoms with Crippen LogP contribution < -0.4 is 0 Å². The molecule has 0 radical (unpaired) electrons. The van der Waals surface area contributed by atoms with E-state index < -0.39 is 0 Å². The zero-order chi connectivity index (χ0) is 11.4. The van der Waals surface area contributed by atoms with E-state index in [9.17, 15) is 0 Å². The highest BCUT2D eigenvalue weighted by Gasteiger charge is 2.51. The van der Waals surface area contributed by atoms with E-state index in [2.05, 4.69) is 60.4 Å². The van der Waals surface area contributed by atoms with Crippen LogP contribution in [0.2, 0.25) is 0 Å². The topological polar surface area (TPSA) is 3.24 Å². The molecule has 1 rings (SSSR count). The van der Waals surface area contributed by atoms with Gasteiger partial charge in [-0.25, -0.2) is 0 Å². The van der Waals surface area contributed by atoms with Crippen molar-refractivity contribution in [3.63, 3.8) is 0 Å². The molecule has 1 heterocycles. The summed E-state index contributed by atoms with van der Waals surface area (Å²) < 4.78 is 0. The lowest BCUT2D eigenvalue weighted by Crippen LogP contribution is -2.64. The summed E-state index contributed by atoms with van der Waals surface area (Å²) in [5.74, 6) is 0.730. The van der Waals surface area contributed by atoms with E-state index >= 15 is 0 Å². The molecule has 0 bridgehead atoms. The second kappa shape index (κ2) is 2.98. The van der Waals surface area contributed by atoms with Crippen LogP contribution in [0.4, 0.5) is 0 Å². The van der Waals surface area contributed by atoms with E-state index in [1.165, 1.54) is 6.42 Å². The Bertz CT molecular complexity index is 203. The van der Waals surface area contributed by atoms with Gasteiger partial charge < -0.3 is 0 Å². The molecular formula is C13H27N. The molecule has 0 aromatic rings. The van der Waals surface area contributed by atoms with Gasteiger partial charge in [0.15, 0.2) is 0 Å². The summed E-state index contributed by atoms with van der Waals surface area (Å²) in [7, 11) is 2.27. The van der Waals surface area contributed by atoms with Crippen LogP contribution in [0.1, 0.15) is 54.9 Å². The van der Waals surface area contributed by atoms with Gasteiger partial charge >= 0.3 is 0 Å². The van der Waals surface area contributed by atoms with E-state index in [1.54, 1.807) is 0 Å². The van der Waals surface area contributed by atoms with E-state index in [4.69, 9.17) is 0 Å². The zero-order valence-corrected chi connectivity index (χ0v) is 11.2. The third-order valence-corrected chi connectivity index (χ3v) is 4.89. The van der Waals surface area contributed by atoms with Crippen molar-refractivity contribution in [3.8, 4) is 0 Å². The minimum Gasteiger partial charge on any atom is -0.296 e. The van der Waals surface area contributed by atoms with Crippen LogP contribution in [-0.4, -0.2) is 23.0 Å². The molecule has 84 valence electrons. The van der Waals surface area contributed by atoms with E-state index in [1.807, 2.05) is 0 Å². The minimum atomic E-state index is 0.297. The first-order valence-corrected chi connectivity index (χ1v) is 5.76. The largest absolute Gasteiger partial charge is 0.296 e. The number of rotatable bonds is 0. The Kier molecular flexibility index (Phi) is 2.56. The van der Waals surface area contributed by atoms with Crippen molar-refractivity contribution in [2.24, 2.45) is 11.3 Å². The first kappa shape index (κ1) is 12.0. The lowest BCUT2D eigenvalue weighted by Gasteiger charge is -2.60. The van der Waals surface area contributed by atoms with Gasteiger partial charge in [0.1, 0.15) is 0 Å². The molecule has 14 heavy (non-hydrogen) atoms. The average Bonchev–Trinajstić information content (AvgIpc) is 1.97. The number of nitrogens with zero attached hydrogens (tertiary/aromatic N) is 1. The highest BCUT2D eigenvalue weighted by Crippen LogP contribution is 2.50. The molecule has 1 nitrogen and oxygen atoms in total. The molecule has 1 saturated heterocycles.